The van der Waals surface area contributed by atoms with E-state index in [2.05, 4.69) is 5.32 Å². The van der Waals surface area contributed by atoms with Crippen LogP contribution < -0.4 is 5.32 Å². The molecule has 15 heavy (non-hydrogen) atoms. The second-order valence-electron chi connectivity index (χ2n) is 5.22. The Balaban J connectivity index is 2.49. The molecule has 0 radical (unpaired) electrons. The number of amides is 2. The molecule has 0 unspecified atom stereocenters. The van der Waals surface area contributed by atoms with Crippen LogP contribution in [0, 0.1) is 5.41 Å². The first-order valence-electron chi connectivity index (χ1n) is 5.43. The Hall–Kier alpha value is -1.06. The Morgan fingerprint density at radius 2 is 2.07 bits per heavy atom. The number of hydrogen-bond acceptors (Lipinski definition) is 2. The highest BCUT2D eigenvalue weighted by molar-refractivity contribution is 5.80. The summed E-state index contributed by atoms with van der Waals surface area (Å²) >= 11 is 0. The Morgan fingerprint density at radius 1 is 1.40 bits per heavy atom. The van der Waals surface area contributed by atoms with Crippen LogP contribution in [0.3, 0.4) is 0 Å². The molecule has 0 aromatic rings. The first-order valence-corrected chi connectivity index (χ1v) is 5.43. The molecule has 1 aliphatic rings. The lowest BCUT2D eigenvalue weighted by Gasteiger charge is -2.24. The van der Waals surface area contributed by atoms with Crippen molar-refractivity contribution in [3.05, 3.63) is 0 Å². The molecular weight excluding hydrogens is 192 g/mol. The van der Waals surface area contributed by atoms with Crippen molar-refractivity contribution >= 4 is 11.8 Å². The molecule has 86 valence electrons. The van der Waals surface area contributed by atoms with E-state index in [1.807, 2.05) is 20.8 Å². The fourth-order valence-electron chi connectivity index (χ4n) is 1.58. The maximum Gasteiger partial charge on any atom is 0.223 e. The summed E-state index contributed by atoms with van der Waals surface area (Å²) < 4.78 is 0. The molecule has 0 aliphatic carbocycles. The molecule has 4 nitrogen and oxygen atoms in total. The summed E-state index contributed by atoms with van der Waals surface area (Å²) in [4.78, 5) is 24.7. The van der Waals surface area contributed by atoms with Crippen molar-refractivity contribution < 1.29 is 9.59 Å². The lowest BCUT2D eigenvalue weighted by Crippen LogP contribution is -2.36. The normalized spacial score (nSPS) is 18.3. The van der Waals surface area contributed by atoms with Gasteiger partial charge in [-0.25, -0.2) is 0 Å². The lowest BCUT2D eigenvalue weighted by molar-refractivity contribution is -0.132. The fraction of sp³-hybridized carbons (Fsp3) is 0.818. The van der Waals surface area contributed by atoms with Crippen LogP contribution >= 0.6 is 0 Å². The molecule has 0 aromatic carbocycles. The summed E-state index contributed by atoms with van der Waals surface area (Å²) in [6.45, 7) is 7.92. The van der Waals surface area contributed by atoms with Gasteiger partial charge in [-0.1, -0.05) is 20.8 Å². The quantitative estimate of drug-likeness (QED) is 0.698. The minimum atomic E-state index is 0.0147. The van der Waals surface area contributed by atoms with Gasteiger partial charge in [-0.05, 0) is 5.41 Å². The van der Waals surface area contributed by atoms with E-state index < -0.39 is 0 Å². The average Bonchev–Trinajstić information content (AvgIpc) is 2.26. The fourth-order valence-corrected chi connectivity index (χ4v) is 1.58. The standard InChI is InChI=1S/C11H20N2O2/c1-11(2,3)8-10(15)13-6-4-9(14)12-5-7-13/h4-8H2,1-3H3,(H,12,14). The van der Waals surface area contributed by atoms with E-state index in [0.717, 1.165) is 0 Å². The Kier molecular flexibility index (Phi) is 3.72. The van der Waals surface area contributed by atoms with Gasteiger partial charge in [0.25, 0.3) is 0 Å². The van der Waals surface area contributed by atoms with Gasteiger partial charge in [0.05, 0.1) is 0 Å². The Labute approximate surface area is 91.0 Å². The molecule has 0 bridgehead atoms. The van der Waals surface area contributed by atoms with Crippen molar-refractivity contribution in [3.63, 3.8) is 0 Å². The van der Waals surface area contributed by atoms with Crippen molar-refractivity contribution in [2.75, 3.05) is 19.6 Å². The highest BCUT2D eigenvalue weighted by Crippen LogP contribution is 2.19. The second-order valence-corrected chi connectivity index (χ2v) is 5.22. The van der Waals surface area contributed by atoms with Crippen molar-refractivity contribution in [1.82, 2.24) is 10.2 Å². The van der Waals surface area contributed by atoms with Gasteiger partial charge in [-0.2, -0.15) is 0 Å². The van der Waals surface area contributed by atoms with Crippen LogP contribution in [0.5, 0.6) is 0 Å². The molecule has 1 heterocycles. The molecule has 0 aromatic heterocycles. The number of nitrogens with one attached hydrogen (secondary N) is 1. The predicted molar refractivity (Wildman–Crippen MR) is 58.3 cm³/mol. The van der Waals surface area contributed by atoms with Crippen molar-refractivity contribution in [2.24, 2.45) is 5.41 Å². The molecule has 4 heteroatoms. The topological polar surface area (TPSA) is 49.4 Å². The van der Waals surface area contributed by atoms with E-state index in [-0.39, 0.29) is 17.2 Å². The van der Waals surface area contributed by atoms with Gasteiger partial charge >= 0.3 is 0 Å². The van der Waals surface area contributed by atoms with Crippen molar-refractivity contribution in [2.45, 2.75) is 33.6 Å². The number of carbonyl (C=O) groups excluding carboxylic acids is 2. The summed E-state index contributed by atoms with van der Waals surface area (Å²) in [5.74, 6) is 0.194. The highest BCUT2D eigenvalue weighted by atomic mass is 16.2. The van der Waals surface area contributed by atoms with Crippen LogP contribution in [0.4, 0.5) is 0 Å². The minimum Gasteiger partial charge on any atom is -0.354 e. The number of rotatable bonds is 1. The third-order valence-electron chi connectivity index (χ3n) is 2.35. The monoisotopic (exact) mass is 212 g/mol. The third kappa shape index (κ3) is 4.32. The van der Waals surface area contributed by atoms with Crippen LogP contribution in [0.2, 0.25) is 0 Å². The van der Waals surface area contributed by atoms with Gasteiger partial charge in [0.2, 0.25) is 11.8 Å². The lowest BCUT2D eigenvalue weighted by atomic mass is 9.91. The Morgan fingerprint density at radius 3 is 2.67 bits per heavy atom. The van der Waals surface area contributed by atoms with Gasteiger partial charge < -0.3 is 10.2 Å². The van der Waals surface area contributed by atoms with E-state index in [1.165, 1.54) is 0 Å². The van der Waals surface area contributed by atoms with E-state index in [9.17, 15) is 9.59 Å². The summed E-state index contributed by atoms with van der Waals surface area (Å²) in [5, 5.41) is 2.76. The van der Waals surface area contributed by atoms with Crippen LogP contribution in [-0.2, 0) is 9.59 Å². The number of carbonyl (C=O) groups is 2. The van der Waals surface area contributed by atoms with Crippen LogP contribution in [-0.4, -0.2) is 36.3 Å². The van der Waals surface area contributed by atoms with Gasteiger partial charge in [0, 0.05) is 32.5 Å². The first kappa shape index (κ1) is 12.0. The van der Waals surface area contributed by atoms with Gasteiger partial charge in [-0.3, -0.25) is 9.59 Å². The molecular formula is C11H20N2O2. The maximum absolute atomic E-state index is 11.9. The smallest absolute Gasteiger partial charge is 0.223 e. The van der Waals surface area contributed by atoms with Gasteiger partial charge in [0.15, 0.2) is 0 Å². The van der Waals surface area contributed by atoms with Crippen molar-refractivity contribution in [1.29, 1.82) is 0 Å². The van der Waals surface area contributed by atoms with E-state index in [4.69, 9.17) is 0 Å². The summed E-state index contributed by atoms with van der Waals surface area (Å²) in [7, 11) is 0. The van der Waals surface area contributed by atoms with Crippen molar-refractivity contribution in [3.8, 4) is 0 Å². The number of nitrogens with zero attached hydrogens (tertiary/aromatic N) is 1. The molecule has 1 aliphatic heterocycles. The van der Waals surface area contributed by atoms with Crippen LogP contribution in [0.15, 0.2) is 0 Å². The summed E-state index contributed by atoms with van der Waals surface area (Å²) in [6, 6.07) is 0. The maximum atomic E-state index is 11.9. The molecule has 1 saturated heterocycles. The SMILES string of the molecule is CC(C)(C)CC(=O)N1CCNC(=O)CC1. The Bertz CT molecular complexity index is 256. The zero-order chi connectivity index (χ0) is 11.5. The van der Waals surface area contributed by atoms with E-state index in [1.54, 1.807) is 4.90 Å². The highest BCUT2D eigenvalue weighted by Gasteiger charge is 2.22. The zero-order valence-electron chi connectivity index (χ0n) is 9.80. The van der Waals surface area contributed by atoms with Gasteiger partial charge in [-0.15, -0.1) is 0 Å². The first-order chi connectivity index (χ1) is 6.88. The van der Waals surface area contributed by atoms with E-state index in [0.29, 0.717) is 32.5 Å². The molecule has 0 saturated carbocycles. The van der Waals surface area contributed by atoms with Crippen LogP contribution in [0.25, 0.3) is 0 Å². The largest absolute Gasteiger partial charge is 0.354 e. The molecule has 1 N–H and O–H groups in total. The summed E-state index contributed by atoms with van der Waals surface area (Å²) in [5.41, 5.74) is 0.0147. The predicted octanol–water partition coefficient (Wildman–Crippen LogP) is 0.771. The molecule has 0 spiro atoms. The van der Waals surface area contributed by atoms with E-state index >= 15 is 0 Å². The average molecular weight is 212 g/mol. The number of hydrogen-bond donors (Lipinski definition) is 1. The third-order valence-corrected chi connectivity index (χ3v) is 2.35. The van der Waals surface area contributed by atoms with Gasteiger partial charge in [0.1, 0.15) is 0 Å². The second kappa shape index (κ2) is 4.64. The minimum absolute atomic E-state index is 0.0147. The molecule has 1 rings (SSSR count). The molecule has 2 amide bonds. The molecule has 0 atom stereocenters. The van der Waals surface area contributed by atoms with Crippen LogP contribution in [0.1, 0.15) is 33.6 Å². The summed E-state index contributed by atoms with van der Waals surface area (Å²) in [6.07, 6.45) is 0.969. The zero-order valence-corrected chi connectivity index (χ0v) is 9.80. The molecule has 1 fully saturated rings.